The van der Waals surface area contributed by atoms with Gasteiger partial charge in [0.15, 0.2) is 6.29 Å². The van der Waals surface area contributed by atoms with E-state index < -0.39 is 0 Å². The number of furan rings is 1. The van der Waals surface area contributed by atoms with E-state index in [1.807, 2.05) is 19.9 Å². The van der Waals surface area contributed by atoms with Crippen molar-refractivity contribution < 1.29 is 9.21 Å². The van der Waals surface area contributed by atoms with Crippen LogP contribution in [-0.4, -0.2) is 6.29 Å². The average molecular weight is 208 g/mol. The summed E-state index contributed by atoms with van der Waals surface area (Å²) >= 11 is 0. The van der Waals surface area contributed by atoms with Crippen LogP contribution in [0, 0.1) is 0 Å². The first kappa shape index (κ1) is 12.0. The molecule has 1 heterocycles. The van der Waals surface area contributed by atoms with Crippen molar-refractivity contribution in [2.45, 2.75) is 52.4 Å². The third kappa shape index (κ3) is 2.31. The Morgan fingerprint density at radius 2 is 2.07 bits per heavy atom. The Morgan fingerprint density at radius 1 is 1.47 bits per heavy atom. The van der Waals surface area contributed by atoms with Crippen molar-refractivity contribution in [2.24, 2.45) is 0 Å². The van der Waals surface area contributed by atoms with E-state index in [0.717, 1.165) is 24.2 Å². The summed E-state index contributed by atoms with van der Waals surface area (Å²) in [7, 11) is 0. The van der Waals surface area contributed by atoms with Gasteiger partial charge in [0.25, 0.3) is 0 Å². The van der Waals surface area contributed by atoms with Gasteiger partial charge in [0, 0.05) is 11.3 Å². The lowest BCUT2D eigenvalue weighted by Crippen LogP contribution is -2.14. The summed E-state index contributed by atoms with van der Waals surface area (Å²) in [6.07, 6.45) is 1.88. The highest BCUT2D eigenvalue weighted by molar-refractivity contribution is 5.77. The van der Waals surface area contributed by atoms with Crippen molar-refractivity contribution in [1.82, 2.24) is 0 Å². The smallest absolute Gasteiger partial charge is 0.153 e. The standard InChI is InChI=1S/C13H20O2/c1-6-13(4,5)11-7-10(8-14)12(15-11)9(2)3/h7-9H,6H2,1-5H3. The molecule has 84 valence electrons. The molecule has 1 rings (SSSR count). The number of carbonyl (C=O) groups is 1. The summed E-state index contributed by atoms with van der Waals surface area (Å²) in [5.41, 5.74) is 0.701. The lowest BCUT2D eigenvalue weighted by Gasteiger charge is -2.19. The van der Waals surface area contributed by atoms with Gasteiger partial charge in [-0.2, -0.15) is 0 Å². The van der Waals surface area contributed by atoms with Crippen LogP contribution in [0.25, 0.3) is 0 Å². The quantitative estimate of drug-likeness (QED) is 0.702. The van der Waals surface area contributed by atoms with Crippen molar-refractivity contribution in [3.8, 4) is 0 Å². The van der Waals surface area contributed by atoms with Gasteiger partial charge in [-0.05, 0) is 12.5 Å². The molecule has 0 unspecified atom stereocenters. The molecule has 0 amide bonds. The molecule has 0 N–H and O–H groups in total. The van der Waals surface area contributed by atoms with E-state index in [1.165, 1.54) is 0 Å². The fourth-order valence-corrected chi connectivity index (χ4v) is 1.47. The highest BCUT2D eigenvalue weighted by atomic mass is 16.3. The summed E-state index contributed by atoms with van der Waals surface area (Å²) in [4.78, 5) is 10.9. The van der Waals surface area contributed by atoms with Crippen molar-refractivity contribution in [2.75, 3.05) is 0 Å². The van der Waals surface area contributed by atoms with E-state index in [2.05, 4.69) is 20.8 Å². The third-order valence-corrected chi connectivity index (χ3v) is 2.99. The largest absolute Gasteiger partial charge is 0.464 e. The van der Waals surface area contributed by atoms with Crippen LogP contribution >= 0.6 is 0 Å². The molecule has 15 heavy (non-hydrogen) atoms. The zero-order valence-corrected chi connectivity index (χ0v) is 10.3. The minimum atomic E-state index is 0.00486. The Labute approximate surface area is 91.7 Å². The molecule has 0 aliphatic heterocycles. The van der Waals surface area contributed by atoms with Crippen LogP contribution in [-0.2, 0) is 5.41 Å². The molecule has 0 bridgehead atoms. The Morgan fingerprint density at radius 3 is 2.40 bits per heavy atom. The molecule has 0 saturated heterocycles. The first-order valence-electron chi connectivity index (χ1n) is 5.51. The zero-order valence-electron chi connectivity index (χ0n) is 10.3. The first-order chi connectivity index (χ1) is 6.92. The molecule has 0 atom stereocenters. The summed E-state index contributed by atoms with van der Waals surface area (Å²) in [5.74, 6) is 1.98. The van der Waals surface area contributed by atoms with Crippen LogP contribution in [0.5, 0.6) is 0 Å². The van der Waals surface area contributed by atoms with E-state index in [0.29, 0.717) is 5.56 Å². The Hall–Kier alpha value is -1.05. The lowest BCUT2D eigenvalue weighted by molar-refractivity contribution is 0.112. The molecule has 1 aromatic heterocycles. The fraction of sp³-hybridized carbons (Fsp3) is 0.615. The van der Waals surface area contributed by atoms with Gasteiger partial charge in [0.1, 0.15) is 11.5 Å². The second-order valence-electron chi connectivity index (χ2n) is 4.94. The molecule has 0 fully saturated rings. The van der Waals surface area contributed by atoms with Gasteiger partial charge in [-0.25, -0.2) is 0 Å². The Bertz CT molecular complexity index is 345. The topological polar surface area (TPSA) is 30.2 Å². The number of rotatable bonds is 4. The number of hydrogen-bond acceptors (Lipinski definition) is 2. The van der Waals surface area contributed by atoms with Crippen LogP contribution in [0.1, 0.15) is 68.8 Å². The highest BCUT2D eigenvalue weighted by Crippen LogP contribution is 2.32. The average Bonchev–Trinajstić information content (AvgIpc) is 2.62. The SMILES string of the molecule is CCC(C)(C)c1cc(C=O)c(C(C)C)o1. The van der Waals surface area contributed by atoms with E-state index >= 15 is 0 Å². The minimum Gasteiger partial charge on any atom is -0.464 e. The summed E-state index contributed by atoms with van der Waals surface area (Å²) in [6.45, 7) is 10.5. The number of hydrogen-bond donors (Lipinski definition) is 0. The lowest BCUT2D eigenvalue weighted by atomic mass is 9.87. The molecule has 2 nitrogen and oxygen atoms in total. The van der Waals surface area contributed by atoms with Gasteiger partial charge in [0.05, 0.1) is 5.56 Å². The van der Waals surface area contributed by atoms with Crippen LogP contribution < -0.4 is 0 Å². The molecule has 0 aliphatic rings. The molecular formula is C13H20O2. The maximum atomic E-state index is 10.9. The minimum absolute atomic E-state index is 0.00486. The van der Waals surface area contributed by atoms with Gasteiger partial charge in [0.2, 0.25) is 0 Å². The van der Waals surface area contributed by atoms with Crippen molar-refractivity contribution in [1.29, 1.82) is 0 Å². The number of carbonyl (C=O) groups excluding carboxylic acids is 1. The molecular weight excluding hydrogens is 188 g/mol. The predicted molar refractivity (Wildman–Crippen MR) is 61.5 cm³/mol. The van der Waals surface area contributed by atoms with Crippen LogP contribution in [0.15, 0.2) is 10.5 Å². The van der Waals surface area contributed by atoms with Gasteiger partial charge < -0.3 is 4.42 Å². The van der Waals surface area contributed by atoms with E-state index in [4.69, 9.17) is 4.42 Å². The van der Waals surface area contributed by atoms with E-state index in [9.17, 15) is 4.79 Å². The Kier molecular flexibility index (Phi) is 3.38. The Balaban J connectivity index is 3.19. The van der Waals surface area contributed by atoms with Gasteiger partial charge in [-0.3, -0.25) is 4.79 Å². The maximum Gasteiger partial charge on any atom is 0.153 e. The van der Waals surface area contributed by atoms with Crippen LogP contribution in [0.2, 0.25) is 0 Å². The summed E-state index contributed by atoms with van der Waals surface area (Å²) < 4.78 is 5.79. The predicted octanol–water partition coefficient (Wildman–Crippen LogP) is 3.90. The van der Waals surface area contributed by atoms with Gasteiger partial charge in [-0.15, -0.1) is 0 Å². The van der Waals surface area contributed by atoms with Crippen molar-refractivity contribution >= 4 is 6.29 Å². The third-order valence-electron chi connectivity index (χ3n) is 2.99. The van der Waals surface area contributed by atoms with Gasteiger partial charge >= 0.3 is 0 Å². The molecule has 0 aromatic carbocycles. The molecule has 2 heteroatoms. The molecule has 0 spiro atoms. The highest BCUT2D eigenvalue weighted by Gasteiger charge is 2.25. The van der Waals surface area contributed by atoms with E-state index in [-0.39, 0.29) is 11.3 Å². The zero-order chi connectivity index (χ0) is 11.6. The maximum absolute atomic E-state index is 10.9. The summed E-state index contributed by atoms with van der Waals surface area (Å²) in [5, 5.41) is 0. The normalized spacial score (nSPS) is 12.1. The molecule has 0 saturated carbocycles. The first-order valence-corrected chi connectivity index (χ1v) is 5.51. The second kappa shape index (κ2) is 4.21. The second-order valence-corrected chi connectivity index (χ2v) is 4.94. The van der Waals surface area contributed by atoms with Crippen molar-refractivity contribution in [3.63, 3.8) is 0 Å². The van der Waals surface area contributed by atoms with E-state index in [1.54, 1.807) is 0 Å². The molecule has 0 aliphatic carbocycles. The summed E-state index contributed by atoms with van der Waals surface area (Å²) in [6, 6.07) is 1.88. The van der Waals surface area contributed by atoms with Crippen LogP contribution in [0.4, 0.5) is 0 Å². The fourth-order valence-electron chi connectivity index (χ4n) is 1.47. The van der Waals surface area contributed by atoms with Crippen molar-refractivity contribution in [3.05, 3.63) is 23.2 Å². The van der Waals surface area contributed by atoms with Gasteiger partial charge in [-0.1, -0.05) is 34.6 Å². The monoisotopic (exact) mass is 208 g/mol. The molecule has 0 radical (unpaired) electrons. The molecule has 1 aromatic rings. The van der Waals surface area contributed by atoms with Crippen LogP contribution in [0.3, 0.4) is 0 Å². The number of aldehydes is 1.